The van der Waals surface area contributed by atoms with Gasteiger partial charge in [-0.25, -0.2) is 0 Å². The molecule has 0 atom stereocenters. The lowest BCUT2D eigenvalue weighted by Crippen LogP contribution is -2.22. The Balaban J connectivity index is 2.05. The van der Waals surface area contributed by atoms with E-state index in [4.69, 9.17) is 5.73 Å². The van der Waals surface area contributed by atoms with E-state index in [0.29, 0.717) is 18.0 Å². The summed E-state index contributed by atoms with van der Waals surface area (Å²) >= 11 is 1.32. The Morgan fingerprint density at radius 1 is 1.42 bits per heavy atom. The van der Waals surface area contributed by atoms with Crippen LogP contribution in [0.1, 0.15) is 20.8 Å². The van der Waals surface area contributed by atoms with E-state index in [1.165, 1.54) is 11.3 Å². The molecule has 19 heavy (non-hydrogen) atoms. The van der Waals surface area contributed by atoms with Crippen LogP contribution in [-0.2, 0) is 6.54 Å². The third-order valence-electron chi connectivity index (χ3n) is 2.44. The number of nitrogens with one attached hydrogen (secondary N) is 1. The highest BCUT2D eigenvalue weighted by Gasteiger charge is 2.07. The largest absolute Gasteiger partial charge is 0.347 e. The number of rotatable bonds is 3. The second-order valence-corrected chi connectivity index (χ2v) is 4.60. The molecule has 0 unspecified atom stereocenters. The zero-order chi connectivity index (χ0) is 13.5. The van der Waals surface area contributed by atoms with Gasteiger partial charge in [0.15, 0.2) is 0 Å². The van der Waals surface area contributed by atoms with E-state index in [2.05, 4.69) is 22.1 Å². The van der Waals surface area contributed by atoms with Gasteiger partial charge >= 0.3 is 0 Å². The number of nitrogens with zero attached hydrogens (tertiary/aromatic N) is 1. The molecule has 2 rings (SSSR count). The maximum atomic E-state index is 11.8. The molecular weight excluding hydrogens is 258 g/mol. The molecule has 0 spiro atoms. The fraction of sp³-hybridized carbons (Fsp3) is 0.143. The van der Waals surface area contributed by atoms with Crippen LogP contribution in [0.4, 0.5) is 0 Å². The molecule has 0 aliphatic rings. The Bertz CT molecular complexity index is 611. The summed E-state index contributed by atoms with van der Waals surface area (Å²) in [6.45, 7) is 0.758. The lowest BCUT2D eigenvalue weighted by atomic mass is 10.1. The standard InChI is InChI=1S/C14H13N3OS/c15-7-3-6-11-4-1-2-5-12(11)8-17-14(18)13-9-16-10-19-13/h1-2,4-5,9-10H,7-8,15H2,(H,17,18). The minimum atomic E-state index is -0.121. The number of carbonyl (C=O) groups is 1. The quantitative estimate of drug-likeness (QED) is 0.829. The van der Waals surface area contributed by atoms with Gasteiger partial charge in [0.05, 0.1) is 18.3 Å². The van der Waals surface area contributed by atoms with Crippen molar-refractivity contribution in [1.29, 1.82) is 0 Å². The van der Waals surface area contributed by atoms with Crippen molar-refractivity contribution in [3.05, 3.63) is 52.0 Å². The van der Waals surface area contributed by atoms with Crippen molar-refractivity contribution in [2.24, 2.45) is 5.73 Å². The monoisotopic (exact) mass is 271 g/mol. The van der Waals surface area contributed by atoms with E-state index in [-0.39, 0.29) is 5.91 Å². The number of aromatic nitrogens is 1. The molecule has 1 aromatic heterocycles. The summed E-state index contributed by atoms with van der Waals surface area (Å²) in [5.74, 6) is 5.69. The van der Waals surface area contributed by atoms with Crippen LogP contribution >= 0.6 is 11.3 Å². The first-order chi connectivity index (χ1) is 9.31. The number of carbonyl (C=O) groups excluding carboxylic acids is 1. The first-order valence-electron chi connectivity index (χ1n) is 5.75. The third kappa shape index (κ3) is 3.65. The van der Waals surface area contributed by atoms with Crippen molar-refractivity contribution in [3.63, 3.8) is 0 Å². The van der Waals surface area contributed by atoms with Gasteiger partial charge in [-0.1, -0.05) is 30.0 Å². The lowest BCUT2D eigenvalue weighted by Gasteiger charge is -2.05. The van der Waals surface area contributed by atoms with Crippen LogP contribution in [0.25, 0.3) is 0 Å². The Morgan fingerprint density at radius 3 is 3.00 bits per heavy atom. The smallest absolute Gasteiger partial charge is 0.263 e. The molecule has 0 fully saturated rings. The molecule has 0 saturated carbocycles. The highest BCUT2D eigenvalue weighted by atomic mass is 32.1. The molecule has 0 saturated heterocycles. The molecule has 0 radical (unpaired) electrons. The van der Waals surface area contributed by atoms with Crippen LogP contribution in [-0.4, -0.2) is 17.4 Å². The van der Waals surface area contributed by atoms with Crippen LogP contribution in [0.2, 0.25) is 0 Å². The fourth-order valence-corrected chi connectivity index (χ4v) is 2.07. The van der Waals surface area contributed by atoms with Gasteiger partial charge in [0.2, 0.25) is 0 Å². The van der Waals surface area contributed by atoms with Crippen LogP contribution in [0.15, 0.2) is 36.0 Å². The van der Waals surface area contributed by atoms with Crippen LogP contribution in [0.5, 0.6) is 0 Å². The predicted octanol–water partition coefficient (Wildman–Crippen LogP) is 1.38. The van der Waals surface area contributed by atoms with Gasteiger partial charge < -0.3 is 11.1 Å². The summed E-state index contributed by atoms with van der Waals surface area (Å²) < 4.78 is 0. The maximum Gasteiger partial charge on any atom is 0.263 e. The molecule has 4 nitrogen and oxygen atoms in total. The lowest BCUT2D eigenvalue weighted by molar-refractivity contribution is 0.0955. The van der Waals surface area contributed by atoms with Gasteiger partial charge in [0, 0.05) is 12.1 Å². The van der Waals surface area contributed by atoms with E-state index in [1.54, 1.807) is 11.7 Å². The third-order valence-corrected chi connectivity index (χ3v) is 3.21. The summed E-state index contributed by atoms with van der Waals surface area (Å²) in [7, 11) is 0. The van der Waals surface area contributed by atoms with E-state index in [9.17, 15) is 4.79 Å². The number of hydrogen-bond acceptors (Lipinski definition) is 4. The van der Waals surface area contributed by atoms with Crippen LogP contribution < -0.4 is 11.1 Å². The normalized spacial score (nSPS) is 9.53. The molecule has 2 aromatic rings. The molecule has 1 aromatic carbocycles. The molecular formula is C14H13N3OS. The van der Waals surface area contributed by atoms with E-state index < -0.39 is 0 Å². The Kier molecular flexibility index (Phi) is 4.67. The second kappa shape index (κ2) is 6.69. The van der Waals surface area contributed by atoms with Crippen molar-refractivity contribution in [2.45, 2.75) is 6.54 Å². The van der Waals surface area contributed by atoms with Crippen molar-refractivity contribution in [2.75, 3.05) is 6.54 Å². The van der Waals surface area contributed by atoms with Gasteiger partial charge in [0.25, 0.3) is 5.91 Å². The second-order valence-electron chi connectivity index (χ2n) is 3.71. The average molecular weight is 271 g/mol. The van der Waals surface area contributed by atoms with Crippen molar-refractivity contribution in [1.82, 2.24) is 10.3 Å². The minimum absolute atomic E-state index is 0.121. The van der Waals surface area contributed by atoms with Gasteiger partial charge in [-0.15, -0.1) is 11.3 Å². The molecule has 5 heteroatoms. The van der Waals surface area contributed by atoms with Crippen LogP contribution in [0.3, 0.4) is 0 Å². The van der Waals surface area contributed by atoms with Crippen molar-refractivity contribution in [3.8, 4) is 11.8 Å². The van der Waals surface area contributed by atoms with E-state index in [1.807, 2.05) is 24.3 Å². The summed E-state index contributed by atoms with van der Waals surface area (Å²) in [4.78, 5) is 16.3. The van der Waals surface area contributed by atoms with E-state index >= 15 is 0 Å². The Hall–Kier alpha value is -2.16. The summed E-state index contributed by atoms with van der Waals surface area (Å²) in [5.41, 5.74) is 8.86. The Labute approximate surface area is 115 Å². The number of amides is 1. The van der Waals surface area contributed by atoms with Crippen LogP contribution in [0, 0.1) is 11.8 Å². The zero-order valence-electron chi connectivity index (χ0n) is 10.2. The number of nitrogens with two attached hydrogens (primary N) is 1. The highest BCUT2D eigenvalue weighted by Crippen LogP contribution is 2.09. The number of thiazole rings is 1. The first kappa shape index (κ1) is 13.3. The van der Waals surface area contributed by atoms with Crippen molar-refractivity contribution < 1.29 is 4.79 Å². The van der Waals surface area contributed by atoms with Crippen molar-refractivity contribution >= 4 is 17.2 Å². The summed E-state index contributed by atoms with van der Waals surface area (Å²) in [6, 6.07) is 7.68. The minimum Gasteiger partial charge on any atom is -0.347 e. The molecule has 1 amide bonds. The summed E-state index contributed by atoms with van der Waals surface area (Å²) in [6.07, 6.45) is 1.56. The molecule has 0 bridgehead atoms. The van der Waals surface area contributed by atoms with E-state index in [0.717, 1.165) is 11.1 Å². The maximum absolute atomic E-state index is 11.8. The first-order valence-corrected chi connectivity index (χ1v) is 6.62. The number of hydrogen-bond donors (Lipinski definition) is 2. The molecule has 3 N–H and O–H groups in total. The average Bonchev–Trinajstić information content (AvgIpc) is 2.97. The Morgan fingerprint density at radius 2 is 2.26 bits per heavy atom. The SMILES string of the molecule is NCC#Cc1ccccc1CNC(=O)c1cncs1. The predicted molar refractivity (Wildman–Crippen MR) is 75.7 cm³/mol. The molecule has 0 aliphatic carbocycles. The van der Waals surface area contributed by atoms with Gasteiger partial charge in [0.1, 0.15) is 4.88 Å². The van der Waals surface area contributed by atoms with Gasteiger partial charge in [-0.2, -0.15) is 0 Å². The summed E-state index contributed by atoms with van der Waals surface area (Å²) in [5, 5.41) is 2.85. The van der Waals surface area contributed by atoms with Gasteiger partial charge in [-0.3, -0.25) is 9.78 Å². The van der Waals surface area contributed by atoms with Gasteiger partial charge in [-0.05, 0) is 11.6 Å². The molecule has 1 heterocycles. The molecule has 0 aliphatic heterocycles. The zero-order valence-corrected chi connectivity index (χ0v) is 11.0. The number of benzene rings is 1. The topological polar surface area (TPSA) is 68.0 Å². The fourth-order valence-electron chi connectivity index (χ4n) is 1.53. The highest BCUT2D eigenvalue weighted by molar-refractivity contribution is 7.11. The molecule has 96 valence electrons.